The molecule has 1 amide bonds. The molecule has 1 unspecified atom stereocenters. The lowest BCUT2D eigenvalue weighted by molar-refractivity contribution is -0.158. The minimum Gasteiger partial charge on any atom is -0.467 e. The molecule has 0 bridgehead atoms. The van der Waals surface area contributed by atoms with E-state index in [1.807, 2.05) is 0 Å². The lowest BCUT2D eigenvalue weighted by Crippen LogP contribution is -2.34. The number of ether oxygens (including phenoxy) is 1. The van der Waals surface area contributed by atoms with Crippen LogP contribution < -0.4 is 5.32 Å². The summed E-state index contributed by atoms with van der Waals surface area (Å²) in [5.74, 6) is -4.12. The molecular weight excluding hydrogens is 319 g/mol. The number of aromatic nitrogens is 2. The predicted octanol–water partition coefficient (Wildman–Crippen LogP) is 1.73. The molecule has 0 aliphatic heterocycles. The summed E-state index contributed by atoms with van der Waals surface area (Å²) in [4.78, 5) is 23.7. The van der Waals surface area contributed by atoms with E-state index in [4.69, 9.17) is 0 Å². The zero-order valence-electron chi connectivity index (χ0n) is 11.6. The van der Waals surface area contributed by atoms with Gasteiger partial charge in [0.1, 0.15) is 0 Å². The molecule has 23 heavy (non-hydrogen) atoms. The van der Waals surface area contributed by atoms with E-state index in [2.05, 4.69) is 24.7 Å². The molecule has 122 valence electrons. The van der Waals surface area contributed by atoms with E-state index in [-0.39, 0.29) is 5.56 Å². The first-order valence-electron chi connectivity index (χ1n) is 6.17. The average molecular weight is 329 g/mol. The number of amides is 1. The highest BCUT2D eigenvalue weighted by atomic mass is 19.4. The number of methoxy groups -OCH3 is 1. The summed E-state index contributed by atoms with van der Waals surface area (Å²) in [5.41, 5.74) is 0.192. The van der Waals surface area contributed by atoms with Gasteiger partial charge in [-0.05, 0) is 12.1 Å². The van der Waals surface area contributed by atoms with Crippen LogP contribution in [0.3, 0.4) is 0 Å². The van der Waals surface area contributed by atoms with Crippen LogP contribution in [0, 0.1) is 0 Å². The topological polar surface area (TPSA) is 94.3 Å². The number of carbonyl (C=O) groups excluding carboxylic acids is 2. The fourth-order valence-corrected chi connectivity index (χ4v) is 1.61. The maximum atomic E-state index is 12.5. The number of rotatable bonds is 4. The van der Waals surface area contributed by atoms with Gasteiger partial charge in [-0.15, -0.1) is 10.2 Å². The summed E-state index contributed by atoms with van der Waals surface area (Å²) in [6.45, 7) is 0. The van der Waals surface area contributed by atoms with Crippen molar-refractivity contribution in [3.05, 3.63) is 47.7 Å². The van der Waals surface area contributed by atoms with Crippen molar-refractivity contribution >= 4 is 11.9 Å². The van der Waals surface area contributed by atoms with E-state index in [1.165, 1.54) is 12.1 Å². The Kier molecular flexibility index (Phi) is 4.63. The third kappa shape index (κ3) is 3.84. The molecule has 0 fully saturated rings. The van der Waals surface area contributed by atoms with Crippen molar-refractivity contribution in [3.63, 3.8) is 0 Å². The Morgan fingerprint density at radius 2 is 1.87 bits per heavy atom. The van der Waals surface area contributed by atoms with Crippen molar-refractivity contribution in [2.75, 3.05) is 7.11 Å². The van der Waals surface area contributed by atoms with Crippen LogP contribution in [0.4, 0.5) is 13.2 Å². The fourth-order valence-electron chi connectivity index (χ4n) is 1.61. The maximum Gasteiger partial charge on any atom is 0.470 e. The van der Waals surface area contributed by atoms with Gasteiger partial charge in [0.05, 0.1) is 7.11 Å². The minimum atomic E-state index is -4.87. The summed E-state index contributed by atoms with van der Waals surface area (Å²) in [6.07, 6.45) is -4.87. The summed E-state index contributed by atoms with van der Waals surface area (Å²) in [7, 11) is 1.01. The highest BCUT2D eigenvalue weighted by Gasteiger charge is 2.40. The molecule has 2 rings (SSSR count). The van der Waals surface area contributed by atoms with E-state index in [1.54, 1.807) is 18.2 Å². The van der Waals surface area contributed by atoms with Crippen molar-refractivity contribution in [3.8, 4) is 0 Å². The average Bonchev–Trinajstić information content (AvgIpc) is 3.02. The highest BCUT2D eigenvalue weighted by molar-refractivity contribution is 5.96. The van der Waals surface area contributed by atoms with E-state index in [0.717, 1.165) is 7.11 Å². The summed E-state index contributed by atoms with van der Waals surface area (Å²) < 4.78 is 46.3. The zero-order valence-corrected chi connectivity index (χ0v) is 11.6. The molecule has 0 spiro atoms. The first-order chi connectivity index (χ1) is 10.8. The molecule has 0 aliphatic carbocycles. The van der Waals surface area contributed by atoms with Crippen LogP contribution in [0.15, 0.2) is 34.7 Å². The van der Waals surface area contributed by atoms with Crippen LogP contribution in [-0.4, -0.2) is 29.2 Å². The molecule has 1 heterocycles. The van der Waals surface area contributed by atoms with E-state index in [0.29, 0.717) is 0 Å². The van der Waals surface area contributed by atoms with Crippen molar-refractivity contribution in [2.45, 2.75) is 12.2 Å². The van der Waals surface area contributed by atoms with Gasteiger partial charge in [-0.25, -0.2) is 4.79 Å². The van der Waals surface area contributed by atoms with E-state index >= 15 is 0 Å². The van der Waals surface area contributed by atoms with Gasteiger partial charge in [0.2, 0.25) is 6.04 Å². The summed E-state index contributed by atoms with van der Waals surface area (Å²) in [6, 6.07) is 6.09. The maximum absolute atomic E-state index is 12.5. The third-order valence-electron chi connectivity index (χ3n) is 2.68. The van der Waals surface area contributed by atoms with Crippen LogP contribution in [-0.2, 0) is 15.7 Å². The van der Waals surface area contributed by atoms with Crippen LogP contribution in [0.1, 0.15) is 28.2 Å². The second-order valence-electron chi connectivity index (χ2n) is 4.24. The minimum absolute atomic E-state index is 0.192. The van der Waals surface area contributed by atoms with Gasteiger partial charge in [-0.3, -0.25) is 4.79 Å². The van der Waals surface area contributed by atoms with Crippen LogP contribution in [0.25, 0.3) is 0 Å². The van der Waals surface area contributed by atoms with Gasteiger partial charge in [-0.1, -0.05) is 18.2 Å². The quantitative estimate of drug-likeness (QED) is 0.859. The Labute approximate surface area is 127 Å². The lowest BCUT2D eigenvalue weighted by Gasteiger charge is -2.12. The van der Waals surface area contributed by atoms with Gasteiger partial charge in [0.25, 0.3) is 11.8 Å². The van der Waals surface area contributed by atoms with Crippen molar-refractivity contribution in [2.24, 2.45) is 0 Å². The van der Waals surface area contributed by atoms with Crippen molar-refractivity contribution in [1.29, 1.82) is 0 Å². The summed E-state index contributed by atoms with van der Waals surface area (Å²) >= 11 is 0. The standard InChI is InChI=1S/C13H10F3N3O4/c1-22-11(21)8(10-18-19-12(23-10)13(14,15)16)17-9(20)7-5-3-2-4-6-7/h2-6,8H,1H3,(H,17,20). The number of esters is 1. The van der Waals surface area contributed by atoms with Crippen LogP contribution in [0.5, 0.6) is 0 Å². The fraction of sp³-hybridized carbons (Fsp3) is 0.231. The molecule has 0 saturated heterocycles. The number of hydrogen-bond acceptors (Lipinski definition) is 6. The number of alkyl halides is 3. The Balaban J connectivity index is 2.26. The van der Waals surface area contributed by atoms with Gasteiger partial charge < -0.3 is 14.5 Å². The summed E-state index contributed by atoms with van der Waals surface area (Å²) in [5, 5.41) is 8.14. The van der Waals surface area contributed by atoms with E-state index < -0.39 is 35.9 Å². The van der Waals surface area contributed by atoms with Crippen molar-refractivity contribution in [1.82, 2.24) is 15.5 Å². The highest BCUT2D eigenvalue weighted by Crippen LogP contribution is 2.29. The van der Waals surface area contributed by atoms with E-state index in [9.17, 15) is 22.8 Å². The number of benzene rings is 1. The molecule has 7 nitrogen and oxygen atoms in total. The first-order valence-corrected chi connectivity index (χ1v) is 6.17. The molecule has 0 aliphatic rings. The van der Waals surface area contributed by atoms with Crippen molar-refractivity contribution < 1.29 is 31.9 Å². The molecule has 1 N–H and O–H groups in total. The van der Waals surface area contributed by atoms with Gasteiger partial charge in [0, 0.05) is 5.56 Å². The first kappa shape index (κ1) is 16.5. The molecule has 2 aromatic rings. The number of carbonyl (C=O) groups is 2. The molecule has 0 radical (unpaired) electrons. The SMILES string of the molecule is COC(=O)C(NC(=O)c1ccccc1)c1nnc(C(F)(F)F)o1. The largest absolute Gasteiger partial charge is 0.470 e. The van der Waals surface area contributed by atoms with Crippen LogP contribution in [0.2, 0.25) is 0 Å². The van der Waals surface area contributed by atoms with Gasteiger partial charge >= 0.3 is 18.0 Å². The molecular formula is C13H10F3N3O4. The normalized spacial score (nSPS) is 12.5. The molecule has 10 heteroatoms. The van der Waals surface area contributed by atoms with Gasteiger partial charge in [-0.2, -0.15) is 13.2 Å². The molecule has 1 atom stereocenters. The third-order valence-corrected chi connectivity index (χ3v) is 2.68. The number of nitrogens with zero attached hydrogens (tertiary/aromatic N) is 2. The van der Waals surface area contributed by atoms with Gasteiger partial charge in [0.15, 0.2) is 0 Å². The zero-order chi connectivity index (χ0) is 17.0. The monoisotopic (exact) mass is 329 g/mol. The Hall–Kier alpha value is -2.91. The number of nitrogens with one attached hydrogen (secondary N) is 1. The Morgan fingerprint density at radius 1 is 1.22 bits per heavy atom. The molecule has 0 saturated carbocycles. The number of halogens is 3. The predicted molar refractivity (Wildman–Crippen MR) is 68.0 cm³/mol. The second-order valence-corrected chi connectivity index (χ2v) is 4.24. The number of hydrogen-bond donors (Lipinski definition) is 1. The smallest absolute Gasteiger partial charge is 0.467 e. The second kappa shape index (κ2) is 6.46. The Bertz CT molecular complexity index is 700. The Morgan fingerprint density at radius 3 is 2.39 bits per heavy atom. The molecule has 1 aromatic heterocycles. The lowest BCUT2D eigenvalue weighted by atomic mass is 10.2. The van der Waals surface area contributed by atoms with Crippen LogP contribution >= 0.6 is 0 Å². The molecule has 1 aromatic carbocycles.